The van der Waals surface area contributed by atoms with Crippen LogP contribution in [-0.2, 0) is 9.53 Å². The van der Waals surface area contributed by atoms with Gasteiger partial charge in [-0.3, -0.25) is 4.99 Å². The van der Waals surface area contributed by atoms with Crippen LogP contribution in [-0.4, -0.2) is 18.6 Å². The molecule has 3 heteroatoms. The number of hydrogen-bond acceptors (Lipinski definition) is 3. The Morgan fingerprint density at radius 1 is 1.43 bits per heavy atom. The molecule has 0 radical (unpaired) electrons. The van der Waals surface area contributed by atoms with Gasteiger partial charge in [0, 0.05) is 0 Å². The van der Waals surface area contributed by atoms with Crippen LogP contribution in [0.2, 0.25) is 0 Å². The first-order valence-corrected chi connectivity index (χ1v) is 4.42. The van der Waals surface area contributed by atoms with Crippen molar-refractivity contribution in [2.24, 2.45) is 4.99 Å². The molecular weight excluding hydrogens is 178 g/mol. The van der Waals surface area contributed by atoms with Crippen molar-refractivity contribution < 1.29 is 9.53 Å². The highest BCUT2D eigenvalue weighted by Gasteiger charge is 2.33. The highest BCUT2D eigenvalue weighted by molar-refractivity contribution is 5.89. The predicted octanol–water partition coefficient (Wildman–Crippen LogP) is 0.0320. The van der Waals surface area contributed by atoms with Crippen LogP contribution < -0.4 is 10.6 Å². The molecule has 0 amide bonds. The lowest BCUT2D eigenvalue weighted by Crippen LogP contribution is -2.30. The van der Waals surface area contributed by atoms with E-state index in [2.05, 4.69) is 4.99 Å². The lowest BCUT2D eigenvalue weighted by molar-refractivity contribution is -0.143. The fourth-order valence-electron chi connectivity index (χ4n) is 1.61. The van der Waals surface area contributed by atoms with Crippen molar-refractivity contribution in [3.8, 4) is 0 Å². The van der Waals surface area contributed by atoms with E-state index in [-0.39, 0.29) is 5.97 Å². The summed E-state index contributed by atoms with van der Waals surface area (Å²) < 4.78 is 4.70. The highest BCUT2D eigenvalue weighted by atomic mass is 16.5. The summed E-state index contributed by atoms with van der Waals surface area (Å²) in [6.07, 6.45) is 1.83. The Hall–Kier alpha value is -1.64. The van der Waals surface area contributed by atoms with Crippen molar-refractivity contribution in [3.05, 3.63) is 34.8 Å². The summed E-state index contributed by atoms with van der Waals surface area (Å²) >= 11 is 0. The van der Waals surface area contributed by atoms with Crippen molar-refractivity contribution >= 4 is 12.0 Å². The summed E-state index contributed by atoms with van der Waals surface area (Å²) in [7, 11) is 1.37. The second-order valence-corrected chi connectivity index (χ2v) is 3.45. The third-order valence-electron chi connectivity index (χ3n) is 2.32. The Morgan fingerprint density at radius 3 is 2.79 bits per heavy atom. The Balaban J connectivity index is 2.59. The predicted molar refractivity (Wildman–Crippen MR) is 52.1 cm³/mol. The maximum atomic E-state index is 11.5. The second-order valence-electron chi connectivity index (χ2n) is 3.45. The molecule has 0 aromatic heterocycles. The summed E-state index contributed by atoms with van der Waals surface area (Å²) in [4.78, 5) is 15.8. The van der Waals surface area contributed by atoms with Gasteiger partial charge in [0.05, 0.1) is 12.5 Å². The third-order valence-corrected chi connectivity index (χ3v) is 2.32. The van der Waals surface area contributed by atoms with E-state index in [9.17, 15) is 4.79 Å². The van der Waals surface area contributed by atoms with Crippen molar-refractivity contribution in [3.63, 3.8) is 0 Å². The number of nitrogens with zero attached hydrogens (tertiary/aromatic N) is 1. The van der Waals surface area contributed by atoms with Gasteiger partial charge in [0.2, 0.25) is 0 Å². The van der Waals surface area contributed by atoms with Gasteiger partial charge in [-0.1, -0.05) is 18.2 Å². The molecule has 1 aliphatic rings. The number of hydrogen-bond donors (Lipinski definition) is 0. The molecule has 0 spiro atoms. The zero-order chi connectivity index (χ0) is 10.2. The molecule has 1 heterocycles. The topological polar surface area (TPSA) is 38.7 Å². The molecule has 0 saturated carbocycles. The minimum atomic E-state index is -0.849. The fourth-order valence-corrected chi connectivity index (χ4v) is 1.61. The number of benzene rings is 1. The number of methoxy groups -OCH3 is 1. The highest BCUT2D eigenvalue weighted by Crippen LogP contribution is 2.15. The van der Waals surface area contributed by atoms with E-state index in [1.165, 1.54) is 7.11 Å². The maximum absolute atomic E-state index is 11.5. The normalized spacial score (nSPS) is 23.3. The lowest BCUT2D eigenvalue weighted by Gasteiger charge is -2.14. The van der Waals surface area contributed by atoms with Crippen LogP contribution in [0.1, 0.15) is 6.92 Å². The standard InChI is InChI=1S/C11H11NO2/c1-11(10(13)14-2)7-8-5-3-4-6-9(8)12-11/h3-7H,1-2H3. The molecule has 2 rings (SSSR count). The van der Waals surface area contributed by atoms with Gasteiger partial charge in [0.25, 0.3) is 0 Å². The van der Waals surface area contributed by atoms with Crippen LogP contribution in [0.15, 0.2) is 29.3 Å². The molecule has 1 aliphatic heterocycles. The quantitative estimate of drug-likeness (QED) is 0.585. The largest absolute Gasteiger partial charge is 0.467 e. The number of carbonyl (C=O) groups excluding carboxylic acids is 1. The Morgan fingerprint density at radius 2 is 2.14 bits per heavy atom. The first-order chi connectivity index (χ1) is 6.65. The number of carbonyl (C=O) groups is 1. The van der Waals surface area contributed by atoms with Crippen molar-refractivity contribution in [2.75, 3.05) is 7.11 Å². The zero-order valence-electron chi connectivity index (χ0n) is 8.15. The molecule has 3 nitrogen and oxygen atoms in total. The average molecular weight is 189 g/mol. The number of fused-ring (bicyclic) bond motifs is 1. The van der Waals surface area contributed by atoms with E-state index in [1.807, 2.05) is 30.3 Å². The van der Waals surface area contributed by atoms with Gasteiger partial charge in [-0.05, 0) is 24.3 Å². The van der Waals surface area contributed by atoms with Gasteiger partial charge < -0.3 is 4.74 Å². The Labute approximate surface area is 81.7 Å². The molecule has 0 aliphatic carbocycles. The number of para-hydroxylation sites is 1. The van der Waals surface area contributed by atoms with Crippen molar-refractivity contribution in [2.45, 2.75) is 12.5 Å². The maximum Gasteiger partial charge on any atom is 0.337 e. The number of esters is 1. The molecule has 1 aromatic rings. The van der Waals surface area contributed by atoms with Gasteiger partial charge in [-0.2, -0.15) is 0 Å². The molecule has 1 atom stereocenters. The molecule has 1 unspecified atom stereocenters. The summed E-state index contributed by atoms with van der Waals surface area (Å²) in [6, 6.07) is 7.65. The van der Waals surface area contributed by atoms with E-state index < -0.39 is 5.54 Å². The Bertz CT molecular complexity index is 455. The monoisotopic (exact) mass is 189 g/mol. The molecule has 0 saturated heterocycles. The van der Waals surface area contributed by atoms with Gasteiger partial charge in [0.15, 0.2) is 5.54 Å². The van der Waals surface area contributed by atoms with Crippen molar-refractivity contribution in [1.82, 2.24) is 0 Å². The van der Waals surface area contributed by atoms with Crippen LogP contribution in [0.5, 0.6) is 0 Å². The lowest BCUT2D eigenvalue weighted by atomic mass is 10.0. The minimum absolute atomic E-state index is 0.325. The van der Waals surface area contributed by atoms with Crippen LogP contribution in [0.25, 0.3) is 6.08 Å². The number of rotatable bonds is 1. The number of ether oxygens (including phenoxy) is 1. The second kappa shape index (κ2) is 2.94. The van der Waals surface area contributed by atoms with Gasteiger partial charge in [0.1, 0.15) is 0 Å². The molecule has 1 aromatic carbocycles. The molecular formula is C11H11NO2. The van der Waals surface area contributed by atoms with Crippen LogP contribution in [0, 0.1) is 0 Å². The molecule has 0 N–H and O–H groups in total. The SMILES string of the molecule is COC(=O)C1(C)C=c2ccccc2=N1. The van der Waals surface area contributed by atoms with Gasteiger partial charge >= 0.3 is 5.97 Å². The first kappa shape index (κ1) is 8.94. The average Bonchev–Trinajstić information content (AvgIpc) is 2.54. The minimum Gasteiger partial charge on any atom is -0.467 e. The summed E-state index contributed by atoms with van der Waals surface area (Å²) in [5.74, 6) is -0.325. The van der Waals surface area contributed by atoms with Crippen LogP contribution in [0.3, 0.4) is 0 Å². The van der Waals surface area contributed by atoms with Gasteiger partial charge in [-0.25, -0.2) is 4.79 Å². The summed E-state index contributed by atoms with van der Waals surface area (Å²) in [5.41, 5.74) is -0.849. The zero-order valence-corrected chi connectivity index (χ0v) is 8.15. The third kappa shape index (κ3) is 1.21. The van der Waals surface area contributed by atoms with E-state index in [4.69, 9.17) is 4.74 Å². The molecule has 14 heavy (non-hydrogen) atoms. The van der Waals surface area contributed by atoms with Gasteiger partial charge in [-0.15, -0.1) is 0 Å². The molecule has 0 bridgehead atoms. The van der Waals surface area contributed by atoms with E-state index in [0.717, 1.165) is 10.6 Å². The van der Waals surface area contributed by atoms with Crippen LogP contribution >= 0.6 is 0 Å². The fraction of sp³-hybridized carbons (Fsp3) is 0.273. The Kier molecular flexibility index (Phi) is 1.88. The van der Waals surface area contributed by atoms with E-state index in [0.29, 0.717) is 0 Å². The summed E-state index contributed by atoms with van der Waals surface area (Å²) in [6.45, 7) is 1.75. The molecule has 72 valence electrons. The van der Waals surface area contributed by atoms with E-state index >= 15 is 0 Å². The van der Waals surface area contributed by atoms with E-state index in [1.54, 1.807) is 6.92 Å². The van der Waals surface area contributed by atoms with Crippen molar-refractivity contribution in [1.29, 1.82) is 0 Å². The summed E-state index contributed by atoms with van der Waals surface area (Å²) in [5, 5.41) is 1.83. The molecule has 0 fully saturated rings. The van der Waals surface area contributed by atoms with Crippen LogP contribution in [0.4, 0.5) is 0 Å². The first-order valence-electron chi connectivity index (χ1n) is 4.42. The smallest absolute Gasteiger partial charge is 0.337 e.